The Morgan fingerprint density at radius 2 is 1.17 bits per heavy atom. The summed E-state index contributed by atoms with van der Waals surface area (Å²) in [7, 11) is 9.90. The number of carbonyl (C=O) groups excluding carboxylic acids is 3. The van der Waals surface area contributed by atoms with Gasteiger partial charge < -0.3 is 30.5 Å². The summed E-state index contributed by atoms with van der Waals surface area (Å²) in [6.07, 6.45) is 7.84. The number of nitrogens with zero attached hydrogens (tertiary/aromatic N) is 2. The minimum Gasteiger partial charge on any atom is -0.484 e. The molecule has 2 aliphatic rings. The van der Waals surface area contributed by atoms with Crippen LogP contribution in [0.15, 0.2) is 18.2 Å². The minimum atomic E-state index is -0.286. The van der Waals surface area contributed by atoms with E-state index in [1.807, 2.05) is 0 Å². The van der Waals surface area contributed by atoms with Gasteiger partial charge in [-0.15, -0.1) is 0 Å². The smallest absolute Gasteiger partial charge is 0.257 e. The van der Waals surface area contributed by atoms with Crippen molar-refractivity contribution in [2.45, 2.75) is 75.5 Å². The number of amides is 3. The number of rotatable bonds is 9. The second-order valence-electron chi connectivity index (χ2n) is 10.6. The fourth-order valence-corrected chi connectivity index (χ4v) is 5.18. The lowest BCUT2D eigenvalue weighted by Gasteiger charge is -2.33. The second-order valence-corrected chi connectivity index (χ2v) is 10.6. The third-order valence-corrected chi connectivity index (χ3v) is 7.60. The molecule has 0 unspecified atom stereocenters. The van der Waals surface area contributed by atoms with Crippen LogP contribution in [-0.4, -0.2) is 93.5 Å². The monoisotopic (exact) mass is 501 g/mol. The van der Waals surface area contributed by atoms with Crippen LogP contribution in [0.3, 0.4) is 0 Å². The molecule has 2 aliphatic carbocycles. The Hall–Kier alpha value is -2.65. The molecule has 0 saturated heterocycles. The molecule has 0 bridgehead atoms. The van der Waals surface area contributed by atoms with E-state index in [1.54, 1.807) is 18.2 Å². The largest absolute Gasteiger partial charge is 0.484 e. The van der Waals surface area contributed by atoms with Gasteiger partial charge in [-0.25, -0.2) is 0 Å². The Morgan fingerprint density at radius 3 is 1.53 bits per heavy atom. The first-order chi connectivity index (χ1) is 17.2. The van der Waals surface area contributed by atoms with Crippen molar-refractivity contribution in [1.29, 1.82) is 0 Å². The molecule has 1 aromatic rings. The fourth-order valence-electron chi connectivity index (χ4n) is 5.18. The number of nitrogens with one attached hydrogen (secondary N) is 3. The molecule has 36 heavy (non-hydrogen) atoms. The van der Waals surface area contributed by atoms with E-state index in [9.17, 15) is 14.4 Å². The van der Waals surface area contributed by atoms with Crippen molar-refractivity contribution >= 4 is 17.7 Å². The van der Waals surface area contributed by atoms with Gasteiger partial charge in [-0.2, -0.15) is 0 Å². The third kappa shape index (κ3) is 7.93. The van der Waals surface area contributed by atoms with Gasteiger partial charge in [0, 0.05) is 42.3 Å². The van der Waals surface area contributed by atoms with E-state index in [2.05, 4.69) is 53.9 Å². The normalized spacial score (nSPS) is 24.3. The maximum atomic E-state index is 13.1. The summed E-state index contributed by atoms with van der Waals surface area (Å²) < 4.78 is 5.62. The summed E-state index contributed by atoms with van der Waals surface area (Å²) in [6.45, 7) is -0.189. The van der Waals surface area contributed by atoms with Gasteiger partial charge in [0.25, 0.3) is 17.7 Å². The first kappa shape index (κ1) is 27.9. The van der Waals surface area contributed by atoms with Crippen molar-refractivity contribution in [3.05, 3.63) is 29.3 Å². The lowest BCUT2D eigenvalue weighted by Crippen LogP contribution is -2.42. The number of hydrogen-bond donors (Lipinski definition) is 3. The van der Waals surface area contributed by atoms with E-state index in [-0.39, 0.29) is 36.4 Å². The van der Waals surface area contributed by atoms with Gasteiger partial charge in [-0.05, 0) is 97.8 Å². The average Bonchev–Trinajstić information content (AvgIpc) is 2.87. The summed E-state index contributed by atoms with van der Waals surface area (Å²) in [6, 6.07) is 6.12. The van der Waals surface area contributed by atoms with Crippen LogP contribution in [-0.2, 0) is 4.79 Å². The van der Waals surface area contributed by atoms with Crippen LogP contribution < -0.4 is 20.7 Å². The zero-order valence-corrected chi connectivity index (χ0v) is 22.4. The van der Waals surface area contributed by atoms with Gasteiger partial charge in [0.15, 0.2) is 6.61 Å². The topological polar surface area (TPSA) is 103 Å². The van der Waals surface area contributed by atoms with E-state index in [4.69, 9.17) is 4.74 Å². The molecule has 2 fully saturated rings. The Bertz CT molecular complexity index is 843. The fraction of sp³-hybridized carbons (Fsp3) is 0.667. The van der Waals surface area contributed by atoms with Gasteiger partial charge in [-0.3, -0.25) is 14.4 Å². The lowest BCUT2D eigenvalue weighted by molar-refractivity contribution is -0.122. The molecule has 3 rings (SSSR count). The predicted molar refractivity (Wildman–Crippen MR) is 140 cm³/mol. The van der Waals surface area contributed by atoms with Crippen LogP contribution in [0, 0.1) is 0 Å². The Balaban J connectivity index is 1.69. The van der Waals surface area contributed by atoms with Gasteiger partial charge in [0.2, 0.25) is 0 Å². The standard InChI is InChI=1S/C27H43N5O4/c1-28-25(33)17-36-24-15-18(26(34)29-20-6-10-22(11-7-20)31(2)3)14-19(16-24)27(35)30-21-8-12-23(13-9-21)32(4)5/h14-16,20-23H,6-13,17H2,1-5H3,(H,28,33)(H,29,34)(H,30,35). The molecule has 3 N–H and O–H groups in total. The molecule has 9 heteroatoms. The zero-order chi connectivity index (χ0) is 26.2. The van der Waals surface area contributed by atoms with Crippen molar-refractivity contribution in [3.8, 4) is 5.75 Å². The minimum absolute atomic E-state index is 0.105. The van der Waals surface area contributed by atoms with E-state index >= 15 is 0 Å². The molecule has 0 spiro atoms. The summed E-state index contributed by atoms with van der Waals surface area (Å²) in [5, 5.41) is 8.78. The maximum Gasteiger partial charge on any atom is 0.257 e. The molecule has 2 saturated carbocycles. The van der Waals surface area contributed by atoms with Gasteiger partial charge in [0.05, 0.1) is 0 Å². The highest BCUT2D eigenvalue weighted by Gasteiger charge is 2.26. The Kier molecular flexibility index (Phi) is 10.1. The number of ether oxygens (including phenoxy) is 1. The molecule has 0 heterocycles. The Labute approximate surface area is 215 Å². The van der Waals surface area contributed by atoms with Crippen molar-refractivity contribution in [1.82, 2.24) is 25.8 Å². The summed E-state index contributed by atoms with van der Waals surface area (Å²) in [5.41, 5.74) is 0.723. The number of carbonyl (C=O) groups is 3. The number of benzene rings is 1. The van der Waals surface area contributed by atoms with Crippen LogP contribution in [0.5, 0.6) is 5.75 Å². The zero-order valence-electron chi connectivity index (χ0n) is 22.4. The van der Waals surface area contributed by atoms with Crippen LogP contribution in [0.1, 0.15) is 72.1 Å². The lowest BCUT2D eigenvalue weighted by atomic mass is 9.90. The molecule has 1 aromatic carbocycles. The van der Waals surface area contributed by atoms with Gasteiger partial charge >= 0.3 is 0 Å². The first-order valence-corrected chi connectivity index (χ1v) is 13.1. The quantitative estimate of drug-likeness (QED) is 0.478. The van der Waals surface area contributed by atoms with Crippen LogP contribution in [0.4, 0.5) is 0 Å². The van der Waals surface area contributed by atoms with Crippen molar-refractivity contribution < 1.29 is 19.1 Å². The van der Waals surface area contributed by atoms with Gasteiger partial charge in [0.1, 0.15) is 5.75 Å². The van der Waals surface area contributed by atoms with Crippen molar-refractivity contribution in [3.63, 3.8) is 0 Å². The SMILES string of the molecule is CNC(=O)COc1cc(C(=O)NC2CCC(N(C)C)CC2)cc(C(=O)NC2CCC(N(C)C)CC2)c1. The molecular formula is C27H43N5O4. The van der Waals surface area contributed by atoms with E-state index in [0.29, 0.717) is 29.0 Å². The van der Waals surface area contributed by atoms with Gasteiger partial charge in [-0.1, -0.05) is 0 Å². The summed E-state index contributed by atoms with van der Waals surface area (Å²) in [5.74, 6) is -0.418. The van der Waals surface area contributed by atoms with Crippen LogP contribution in [0.2, 0.25) is 0 Å². The summed E-state index contributed by atoms with van der Waals surface area (Å²) in [4.78, 5) is 42.5. The number of likely N-dealkylation sites (N-methyl/N-ethyl adjacent to an activating group) is 1. The second kappa shape index (κ2) is 13.1. The predicted octanol–water partition coefficient (Wildman–Crippen LogP) is 2.02. The molecule has 0 aromatic heterocycles. The molecule has 0 atom stereocenters. The molecule has 9 nitrogen and oxygen atoms in total. The Morgan fingerprint density at radius 1 is 0.750 bits per heavy atom. The highest BCUT2D eigenvalue weighted by molar-refractivity contribution is 6.00. The van der Waals surface area contributed by atoms with E-state index in [1.165, 1.54) is 7.05 Å². The van der Waals surface area contributed by atoms with Crippen LogP contribution in [0.25, 0.3) is 0 Å². The highest BCUT2D eigenvalue weighted by Crippen LogP contribution is 2.24. The highest BCUT2D eigenvalue weighted by atomic mass is 16.5. The maximum absolute atomic E-state index is 13.1. The molecule has 0 aliphatic heterocycles. The summed E-state index contributed by atoms with van der Waals surface area (Å²) >= 11 is 0. The van der Waals surface area contributed by atoms with Crippen LogP contribution >= 0.6 is 0 Å². The first-order valence-electron chi connectivity index (χ1n) is 13.1. The molecule has 0 radical (unpaired) electrons. The average molecular weight is 502 g/mol. The van der Waals surface area contributed by atoms with E-state index < -0.39 is 0 Å². The third-order valence-electron chi connectivity index (χ3n) is 7.60. The number of hydrogen-bond acceptors (Lipinski definition) is 6. The van der Waals surface area contributed by atoms with Crippen molar-refractivity contribution in [2.24, 2.45) is 0 Å². The molecule has 200 valence electrons. The van der Waals surface area contributed by atoms with Crippen molar-refractivity contribution in [2.75, 3.05) is 41.8 Å². The molecule has 3 amide bonds. The van der Waals surface area contributed by atoms with E-state index in [0.717, 1.165) is 51.4 Å². The molecular weight excluding hydrogens is 458 g/mol.